The molecule has 1 saturated heterocycles. The number of halogens is 1. The summed E-state index contributed by atoms with van der Waals surface area (Å²) in [4.78, 5) is 0. The lowest BCUT2D eigenvalue weighted by Gasteiger charge is -2.27. The first-order valence-electron chi connectivity index (χ1n) is 5.77. The Hall–Kier alpha value is -0.590. The van der Waals surface area contributed by atoms with Crippen molar-refractivity contribution in [3.05, 3.63) is 28.2 Å². The lowest BCUT2D eigenvalue weighted by Crippen LogP contribution is -2.45. The van der Waals surface area contributed by atoms with Crippen molar-refractivity contribution in [3.8, 4) is 5.75 Å². The highest BCUT2D eigenvalue weighted by molar-refractivity contribution is 9.10. The Labute approximate surface area is 114 Å². The number of hydrogen-bond donors (Lipinski definition) is 1. The molecule has 0 atom stereocenters. The van der Waals surface area contributed by atoms with Crippen LogP contribution in [-0.2, 0) is 15.4 Å². The van der Waals surface area contributed by atoms with Gasteiger partial charge in [0, 0.05) is 0 Å². The summed E-state index contributed by atoms with van der Waals surface area (Å²) in [5.74, 6) is 0.805. The third-order valence-electron chi connectivity index (χ3n) is 3.37. The summed E-state index contributed by atoms with van der Waals surface area (Å²) >= 11 is 3.39. The SMILES string of the molecule is O=S1(=O)CC(Oc2ccc(C3(O)CC3)cc2Br)C1. The summed E-state index contributed by atoms with van der Waals surface area (Å²) in [5, 5.41) is 9.98. The van der Waals surface area contributed by atoms with E-state index in [0.717, 1.165) is 22.9 Å². The van der Waals surface area contributed by atoms with Crippen LogP contribution in [0.2, 0.25) is 0 Å². The van der Waals surface area contributed by atoms with Gasteiger partial charge in [-0.3, -0.25) is 0 Å². The minimum atomic E-state index is -2.87. The molecule has 0 unspecified atom stereocenters. The summed E-state index contributed by atoms with van der Waals surface area (Å²) in [6, 6.07) is 5.45. The van der Waals surface area contributed by atoms with Gasteiger partial charge in [0.2, 0.25) is 0 Å². The molecule has 1 aliphatic heterocycles. The Kier molecular flexibility index (Phi) is 2.73. The minimum absolute atomic E-state index is 0.0884. The molecule has 1 saturated carbocycles. The number of sulfone groups is 1. The molecule has 0 spiro atoms. The molecule has 0 amide bonds. The first kappa shape index (κ1) is 12.4. The maximum Gasteiger partial charge on any atom is 0.157 e. The number of ether oxygens (including phenoxy) is 1. The van der Waals surface area contributed by atoms with Crippen LogP contribution in [0.3, 0.4) is 0 Å². The van der Waals surface area contributed by atoms with Crippen molar-refractivity contribution in [3.63, 3.8) is 0 Å². The molecule has 0 radical (unpaired) electrons. The molecule has 1 N–H and O–H groups in total. The third-order valence-corrected chi connectivity index (χ3v) is 5.75. The Balaban J connectivity index is 1.74. The number of aliphatic hydroxyl groups is 1. The lowest BCUT2D eigenvalue weighted by atomic mass is 10.1. The van der Waals surface area contributed by atoms with Crippen molar-refractivity contribution in [1.82, 2.24) is 0 Å². The van der Waals surface area contributed by atoms with E-state index >= 15 is 0 Å². The highest BCUT2D eigenvalue weighted by atomic mass is 79.9. The Morgan fingerprint density at radius 2 is 2.00 bits per heavy atom. The smallest absolute Gasteiger partial charge is 0.157 e. The van der Waals surface area contributed by atoms with Gasteiger partial charge in [-0.15, -0.1) is 0 Å². The predicted octanol–water partition coefficient (Wildman–Crippen LogP) is 1.61. The molecule has 1 aromatic rings. The van der Waals surface area contributed by atoms with E-state index in [2.05, 4.69) is 15.9 Å². The molecule has 2 aliphatic rings. The number of hydrogen-bond acceptors (Lipinski definition) is 4. The summed E-state index contributed by atoms with van der Waals surface area (Å²) in [6.45, 7) is 0. The lowest BCUT2D eigenvalue weighted by molar-refractivity contribution is 0.151. The Morgan fingerprint density at radius 3 is 2.50 bits per heavy atom. The zero-order valence-electron chi connectivity index (χ0n) is 9.60. The first-order chi connectivity index (χ1) is 8.38. The minimum Gasteiger partial charge on any atom is -0.487 e. The molecule has 1 heterocycles. The van der Waals surface area contributed by atoms with Crippen molar-refractivity contribution in [1.29, 1.82) is 0 Å². The second kappa shape index (κ2) is 3.95. The van der Waals surface area contributed by atoms with Gasteiger partial charge in [0.1, 0.15) is 11.9 Å². The van der Waals surface area contributed by atoms with Gasteiger partial charge in [0.25, 0.3) is 0 Å². The van der Waals surface area contributed by atoms with Crippen LogP contribution in [-0.4, -0.2) is 31.1 Å². The van der Waals surface area contributed by atoms with E-state index in [0.29, 0.717) is 5.75 Å². The molecular weight excluding hydrogens is 320 g/mol. The maximum absolute atomic E-state index is 11.0. The summed E-state index contributed by atoms with van der Waals surface area (Å²) < 4.78 is 28.4. The molecule has 3 rings (SSSR count). The first-order valence-corrected chi connectivity index (χ1v) is 8.39. The molecule has 2 fully saturated rings. The van der Waals surface area contributed by atoms with Crippen LogP contribution in [0, 0.1) is 0 Å². The fourth-order valence-electron chi connectivity index (χ4n) is 2.06. The van der Waals surface area contributed by atoms with Crippen LogP contribution in [0.5, 0.6) is 5.75 Å². The van der Waals surface area contributed by atoms with Crippen LogP contribution in [0.4, 0.5) is 0 Å². The van der Waals surface area contributed by atoms with Gasteiger partial charge in [-0.1, -0.05) is 6.07 Å². The van der Waals surface area contributed by atoms with Crippen molar-refractivity contribution >= 4 is 25.8 Å². The standard InChI is InChI=1S/C12H13BrO4S/c13-10-5-8(12(14)3-4-12)1-2-11(10)17-9-6-18(15,16)7-9/h1-2,5,9,14H,3-4,6-7H2. The van der Waals surface area contributed by atoms with E-state index in [1.165, 1.54) is 0 Å². The molecule has 1 aliphatic carbocycles. The molecule has 0 aromatic heterocycles. The zero-order chi connectivity index (χ0) is 13.0. The molecular formula is C12H13BrO4S. The highest BCUT2D eigenvalue weighted by Crippen LogP contribution is 2.46. The van der Waals surface area contributed by atoms with Gasteiger partial charge < -0.3 is 9.84 Å². The Morgan fingerprint density at radius 1 is 1.33 bits per heavy atom. The van der Waals surface area contributed by atoms with Crippen molar-refractivity contribution < 1.29 is 18.3 Å². The van der Waals surface area contributed by atoms with Crippen LogP contribution < -0.4 is 4.74 Å². The topological polar surface area (TPSA) is 63.6 Å². The number of rotatable bonds is 3. The molecule has 0 bridgehead atoms. The van der Waals surface area contributed by atoms with Gasteiger partial charge in [-0.05, 0) is 46.5 Å². The van der Waals surface area contributed by atoms with Gasteiger partial charge in [0.15, 0.2) is 9.84 Å². The third kappa shape index (κ3) is 2.29. The largest absolute Gasteiger partial charge is 0.487 e. The quantitative estimate of drug-likeness (QED) is 0.913. The monoisotopic (exact) mass is 332 g/mol. The van der Waals surface area contributed by atoms with Gasteiger partial charge in [-0.25, -0.2) is 8.42 Å². The predicted molar refractivity (Wildman–Crippen MR) is 70.3 cm³/mol. The number of benzene rings is 1. The average Bonchev–Trinajstić information content (AvgIpc) is 2.98. The van der Waals surface area contributed by atoms with Crippen molar-refractivity contribution in [2.45, 2.75) is 24.5 Å². The normalized spacial score (nSPS) is 24.3. The Bertz CT molecular complexity index is 580. The maximum atomic E-state index is 11.0. The van der Waals surface area contributed by atoms with E-state index in [1.807, 2.05) is 12.1 Å². The summed E-state index contributed by atoms with van der Waals surface area (Å²) in [5.41, 5.74) is 0.212. The van der Waals surface area contributed by atoms with Gasteiger partial charge in [0.05, 0.1) is 21.6 Å². The highest BCUT2D eigenvalue weighted by Gasteiger charge is 2.42. The average molecular weight is 333 g/mol. The molecule has 18 heavy (non-hydrogen) atoms. The van der Waals surface area contributed by atoms with Gasteiger partial charge >= 0.3 is 0 Å². The summed E-state index contributed by atoms with van der Waals surface area (Å²) in [6.07, 6.45) is 1.34. The van der Waals surface area contributed by atoms with Gasteiger partial charge in [-0.2, -0.15) is 0 Å². The van der Waals surface area contributed by atoms with Crippen LogP contribution in [0.1, 0.15) is 18.4 Å². The van der Waals surface area contributed by atoms with E-state index in [9.17, 15) is 13.5 Å². The van der Waals surface area contributed by atoms with Crippen molar-refractivity contribution in [2.24, 2.45) is 0 Å². The van der Waals surface area contributed by atoms with Crippen LogP contribution >= 0.6 is 15.9 Å². The van der Waals surface area contributed by atoms with E-state index in [-0.39, 0.29) is 17.6 Å². The molecule has 1 aromatic carbocycles. The summed E-state index contributed by atoms with van der Waals surface area (Å²) in [7, 11) is -2.87. The molecule has 4 nitrogen and oxygen atoms in total. The fraction of sp³-hybridized carbons (Fsp3) is 0.500. The van der Waals surface area contributed by atoms with Crippen molar-refractivity contribution in [2.75, 3.05) is 11.5 Å². The van der Waals surface area contributed by atoms with Crippen LogP contribution in [0.25, 0.3) is 0 Å². The second-order valence-corrected chi connectivity index (χ2v) is 8.00. The molecule has 6 heteroatoms. The van der Waals surface area contributed by atoms with E-state index < -0.39 is 15.4 Å². The van der Waals surface area contributed by atoms with Crippen LogP contribution in [0.15, 0.2) is 22.7 Å². The zero-order valence-corrected chi connectivity index (χ0v) is 12.0. The second-order valence-electron chi connectivity index (χ2n) is 4.99. The van der Waals surface area contributed by atoms with E-state index in [1.54, 1.807) is 6.07 Å². The molecule has 98 valence electrons. The van der Waals surface area contributed by atoms with E-state index in [4.69, 9.17) is 4.74 Å². The fourth-order valence-corrected chi connectivity index (χ4v) is 3.70.